The molecule has 17 heavy (non-hydrogen) atoms. The van der Waals surface area contributed by atoms with Gasteiger partial charge in [0.15, 0.2) is 5.78 Å². The first-order valence-corrected chi connectivity index (χ1v) is 5.72. The van der Waals surface area contributed by atoms with E-state index in [1.54, 1.807) is 29.2 Å². The molecule has 90 valence electrons. The van der Waals surface area contributed by atoms with Crippen LogP contribution in [-0.2, 0) is 16.0 Å². The molecule has 0 atom stereocenters. The van der Waals surface area contributed by atoms with Gasteiger partial charge in [0.05, 0.1) is 13.0 Å². The van der Waals surface area contributed by atoms with Crippen LogP contribution < -0.4 is 0 Å². The molecule has 1 N–H and O–H groups in total. The number of likely N-dealkylation sites (tertiary alicyclic amines) is 1. The van der Waals surface area contributed by atoms with E-state index in [0.717, 1.165) is 12.0 Å². The third kappa shape index (κ3) is 3.06. The topological polar surface area (TPSA) is 57.6 Å². The van der Waals surface area contributed by atoms with Gasteiger partial charge >= 0.3 is 0 Å². The monoisotopic (exact) mass is 233 g/mol. The van der Waals surface area contributed by atoms with Crippen LogP contribution in [0.2, 0.25) is 0 Å². The molecule has 0 bridgehead atoms. The Morgan fingerprint density at radius 1 is 1.41 bits per heavy atom. The molecule has 1 aliphatic heterocycles. The third-order valence-corrected chi connectivity index (χ3v) is 2.87. The van der Waals surface area contributed by atoms with Crippen molar-refractivity contribution < 1.29 is 14.7 Å². The van der Waals surface area contributed by atoms with Crippen molar-refractivity contribution in [3.63, 3.8) is 0 Å². The van der Waals surface area contributed by atoms with E-state index in [9.17, 15) is 14.7 Å². The predicted octanol–water partition coefficient (Wildman–Crippen LogP) is 1.13. The lowest BCUT2D eigenvalue weighted by Crippen LogP contribution is -2.40. The second-order valence-electron chi connectivity index (χ2n) is 4.30. The van der Waals surface area contributed by atoms with E-state index in [1.165, 1.54) is 0 Å². The minimum atomic E-state index is -0.0522. The zero-order valence-electron chi connectivity index (χ0n) is 9.56. The Morgan fingerprint density at radius 3 is 2.94 bits per heavy atom. The Balaban J connectivity index is 1.99. The van der Waals surface area contributed by atoms with Crippen LogP contribution in [0, 0.1) is 0 Å². The number of phenolic OH excluding ortho intramolecular Hbond substituents is 1. The maximum atomic E-state index is 11.9. The minimum absolute atomic E-state index is 0.0522. The van der Waals surface area contributed by atoms with Gasteiger partial charge in [0.2, 0.25) is 5.91 Å². The van der Waals surface area contributed by atoms with Crippen molar-refractivity contribution in [1.29, 1.82) is 0 Å². The molecule has 0 unspecified atom stereocenters. The largest absolute Gasteiger partial charge is 0.508 e. The molecule has 1 amide bonds. The first-order valence-electron chi connectivity index (χ1n) is 5.72. The highest BCUT2D eigenvalue weighted by molar-refractivity contribution is 5.88. The number of amides is 1. The van der Waals surface area contributed by atoms with Crippen LogP contribution in [0.4, 0.5) is 0 Å². The lowest BCUT2D eigenvalue weighted by molar-refractivity contribution is -0.137. The van der Waals surface area contributed by atoms with Gasteiger partial charge in [0, 0.05) is 13.0 Å². The summed E-state index contributed by atoms with van der Waals surface area (Å²) in [7, 11) is 0. The summed E-state index contributed by atoms with van der Waals surface area (Å²) in [6, 6.07) is 6.64. The van der Waals surface area contributed by atoms with Crippen LogP contribution in [-0.4, -0.2) is 34.8 Å². The van der Waals surface area contributed by atoms with E-state index in [0.29, 0.717) is 13.0 Å². The van der Waals surface area contributed by atoms with Crippen molar-refractivity contribution in [3.8, 4) is 5.75 Å². The van der Waals surface area contributed by atoms with Gasteiger partial charge in [-0.3, -0.25) is 9.59 Å². The molecule has 0 saturated carbocycles. The molecule has 2 rings (SSSR count). The number of phenols is 1. The van der Waals surface area contributed by atoms with Crippen molar-refractivity contribution in [3.05, 3.63) is 29.8 Å². The highest BCUT2D eigenvalue weighted by Crippen LogP contribution is 2.13. The molecular formula is C13H15NO3. The average molecular weight is 233 g/mol. The van der Waals surface area contributed by atoms with Gasteiger partial charge in [-0.05, 0) is 24.1 Å². The number of benzene rings is 1. The number of aromatic hydroxyl groups is 1. The number of carbonyl (C=O) groups is 2. The maximum absolute atomic E-state index is 11.9. The van der Waals surface area contributed by atoms with Crippen molar-refractivity contribution in [2.75, 3.05) is 13.1 Å². The molecular weight excluding hydrogens is 218 g/mol. The number of hydrogen-bond donors (Lipinski definition) is 1. The SMILES string of the molecule is O=C1CCCN(C(=O)Cc2cccc(O)c2)C1. The summed E-state index contributed by atoms with van der Waals surface area (Å²) in [5.41, 5.74) is 0.771. The van der Waals surface area contributed by atoms with Crippen molar-refractivity contribution in [1.82, 2.24) is 4.90 Å². The van der Waals surface area contributed by atoms with Gasteiger partial charge in [-0.25, -0.2) is 0 Å². The first-order chi connectivity index (χ1) is 8.15. The molecule has 4 heteroatoms. The second kappa shape index (κ2) is 4.99. The standard InChI is InChI=1S/C13H15NO3/c15-11-4-1-3-10(7-11)8-13(17)14-6-2-5-12(16)9-14/h1,3-4,7,15H,2,5-6,8-9H2. The molecule has 0 radical (unpaired) electrons. The van der Waals surface area contributed by atoms with Crippen molar-refractivity contribution in [2.24, 2.45) is 0 Å². The van der Waals surface area contributed by atoms with Crippen LogP contribution >= 0.6 is 0 Å². The zero-order chi connectivity index (χ0) is 12.3. The molecule has 4 nitrogen and oxygen atoms in total. The lowest BCUT2D eigenvalue weighted by atomic mass is 10.1. The summed E-state index contributed by atoms with van der Waals surface area (Å²) in [6.07, 6.45) is 1.57. The molecule has 1 aliphatic rings. The molecule has 0 spiro atoms. The molecule has 0 aliphatic carbocycles. The number of piperidine rings is 1. The van der Waals surface area contributed by atoms with Crippen LogP contribution in [0.3, 0.4) is 0 Å². The quantitative estimate of drug-likeness (QED) is 0.833. The van der Waals surface area contributed by atoms with Crippen LogP contribution in [0.5, 0.6) is 5.75 Å². The fraction of sp³-hybridized carbons (Fsp3) is 0.385. The lowest BCUT2D eigenvalue weighted by Gasteiger charge is -2.25. The van der Waals surface area contributed by atoms with E-state index in [2.05, 4.69) is 0 Å². The fourth-order valence-electron chi connectivity index (χ4n) is 2.00. The number of Topliss-reactive ketones (excluding diaryl/α,β-unsaturated/α-hetero) is 1. The number of nitrogens with zero attached hydrogens (tertiary/aromatic N) is 1. The van der Waals surface area contributed by atoms with E-state index in [4.69, 9.17) is 0 Å². The number of ketones is 1. The Kier molecular flexibility index (Phi) is 3.42. The predicted molar refractivity (Wildman–Crippen MR) is 62.6 cm³/mol. The second-order valence-corrected chi connectivity index (χ2v) is 4.30. The highest BCUT2D eigenvalue weighted by atomic mass is 16.3. The van der Waals surface area contributed by atoms with Gasteiger partial charge < -0.3 is 10.0 Å². The van der Waals surface area contributed by atoms with Gasteiger partial charge in [0.25, 0.3) is 0 Å². The Hall–Kier alpha value is -1.84. The average Bonchev–Trinajstić information content (AvgIpc) is 2.29. The fourth-order valence-corrected chi connectivity index (χ4v) is 2.00. The van der Waals surface area contributed by atoms with Crippen LogP contribution in [0.1, 0.15) is 18.4 Å². The summed E-state index contributed by atoms with van der Waals surface area (Å²) in [5, 5.41) is 9.30. The Labute approximate surface area is 99.9 Å². The minimum Gasteiger partial charge on any atom is -0.508 e. The Morgan fingerprint density at radius 2 is 2.24 bits per heavy atom. The van der Waals surface area contributed by atoms with Crippen molar-refractivity contribution >= 4 is 11.7 Å². The van der Waals surface area contributed by atoms with Crippen molar-refractivity contribution in [2.45, 2.75) is 19.3 Å². The molecule has 1 aromatic carbocycles. The molecule has 1 heterocycles. The summed E-state index contributed by atoms with van der Waals surface area (Å²) in [4.78, 5) is 24.8. The van der Waals surface area contributed by atoms with Gasteiger partial charge in [-0.15, -0.1) is 0 Å². The van der Waals surface area contributed by atoms with Gasteiger partial charge in [-0.2, -0.15) is 0 Å². The number of rotatable bonds is 2. The van der Waals surface area contributed by atoms with E-state index < -0.39 is 0 Å². The molecule has 0 aromatic heterocycles. The molecule has 1 saturated heterocycles. The zero-order valence-corrected chi connectivity index (χ0v) is 9.56. The smallest absolute Gasteiger partial charge is 0.227 e. The van der Waals surface area contributed by atoms with E-state index >= 15 is 0 Å². The number of hydrogen-bond acceptors (Lipinski definition) is 3. The summed E-state index contributed by atoms with van der Waals surface area (Å²) < 4.78 is 0. The Bertz CT molecular complexity index is 442. The first kappa shape index (κ1) is 11.6. The molecule has 1 aromatic rings. The summed E-state index contributed by atoms with van der Waals surface area (Å²) in [6.45, 7) is 0.890. The van der Waals surface area contributed by atoms with E-state index in [1.807, 2.05) is 0 Å². The number of carbonyl (C=O) groups excluding carboxylic acids is 2. The van der Waals surface area contributed by atoms with Crippen LogP contribution in [0.15, 0.2) is 24.3 Å². The van der Waals surface area contributed by atoms with E-state index in [-0.39, 0.29) is 30.4 Å². The van der Waals surface area contributed by atoms with Gasteiger partial charge in [-0.1, -0.05) is 12.1 Å². The van der Waals surface area contributed by atoms with Gasteiger partial charge in [0.1, 0.15) is 5.75 Å². The maximum Gasteiger partial charge on any atom is 0.227 e. The third-order valence-electron chi connectivity index (χ3n) is 2.87. The molecule has 1 fully saturated rings. The van der Waals surface area contributed by atoms with Crippen LogP contribution in [0.25, 0.3) is 0 Å². The highest BCUT2D eigenvalue weighted by Gasteiger charge is 2.21. The summed E-state index contributed by atoms with van der Waals surface area (Å²) in [5.74, 6) is 0.231. The normalized spacial score (nSPS) is 16.0. The summed E-state index contributed by atoms with van der Waals surface area (Å²) >= 11 is 0.